The largest absolute Gasteiger partial charge is 0.399 e. The van der Waals surface area contributed by atoms with Gasteiger partial charge in [0.1, 0.15) is 11.0 Å². The number of guanidine groups is 1. The molecule has 0 spiro atoms. The van der Waals surface area contributed by atoms with Gasteiger partial charge < -0.3 is 11.5 Å². The standard InChI is InChI=1S/C9H10N6/c10-8(11)14-9(12)15-5-13-6-3-1-2-4-7(6)15/h1-5H,(H5,10,11,12,14)/p+1. The lowest BCUT2D eigenvalue weighted by molar-refractivity contribution is -0.119. The molecule has 1 aromatic carbocycles. The van der Waals surface area contributed by atoms with Crippen molar-refractivity contribution in [3.63, 3.8) is 0 Å². The van der Waals surface area contributed by atoms with Crippen LogP contribution in [0.15, 0.2) is 35.6 Å². The Bertz CT molecular complexity index is 534. The van der Waals surface area contributed by atoms with E-state index in [0.29, 0.717) is 0 Å². The van der Waals surface area contributed by atoms with E-state index < -0.39 is 0 Å². The van der Waals surface area contributed by atoms with Gasteiger partial charge in [0.25, 0.3) is 5.96 Å². The van der Waals surface area contributed by atoms with Crippen molar-refractivity contribution in [1.82, 2.24) is 9.55 Å². The molecule has 0 bridgehead atoms. The second kappa shape index (κ2) is 3.41. The molecule has 2 aromatic rings. The van der Waals surface area contributed by atoms with Crippen molar-refractivity contribution in [2.45, 2.75) is 0 Å². The first kappa shape index (κ1) is 9.20. The number of benzene rings is 1. The molecular formula is C9H11N6+. The summed E-state index contributed by atoms with van der Waals surface area (Å²) in [7, 11) is 0. The van der Waals surface area contributed by atoms with E-state index in [2.05, 4.69) is 9.98 Å². The zero-order valence-corrected chi connectivity index (χ0v) is 7.96. The van der Waals surface area contributed by atoms with Crippen LogP contribution in [0.3, 0.4) is 0 Å². The fourth-order valence-corrected chi connectivity index (χ4v) is 1.33. The SMILES string of the molecule is NC(N)=NC(=[NH2+])n1cnc2ccccc21. The summed E-state index contributed by atoms with van der Waals surface area (Å²) in [4.78, 5) is 7.92. The van der Waals surface area contributed by atoms with Gasteiger partial charge in [-0.3, -0.25) is 5.41 Å². The molecule has 0 atom stereocenters. The van der Waals surface area contributed by atoms with E-state index in [1.54, 1.807) is 10.9 Å². The van der Waals surface area contributed by atoms with Gasteiger partial charge in [0.15, 0.2) is 6.33 Å². The third kappa shape index (κ3) is 1.64. The quantitative estimate of drug-likeness (QED) is 0.350. The second-order valence-electron chi connectivity index (χ2n) is 3.00. The molecule has 2 rings (SSSR count). The third-order valence-electron chi connectivity index (χ3n) is 1.94. The first-order valence-electron chi connectivity index (χ1n) is 4.33. The molecule has 15 heavy (non-hydrogen) atoms. The predicted molar refractivity (Wildman–Crippen MR) is 57.9 cm³/mol. The number of fused-ring (bicyclic) bond motifs is 1. The highest BCUT2D eigenvalue weighted by molar-refractivity contribution is 5.95. The van der Waals surface area contributed by atoms with Crippen LogP contribution in [0.2, 0.25) is 0 Å². The number of rotatable bonds is 0. The Kier molecular flexibility index (Phi) is 2.09. The van der Waals surface area contributed by atoms with Crippen LogP contribution in [0.1, 0.15) is 0 Å². The highest BCUT2D eigenvalue weighted by Crippen LogP contribution is 2.10. The number of nitrogens with two attached hydrogens (primary N) is 3. The zero-order chi connectivity index (χ0) is 10.8. The third-order valence-corrected chi connectivity index (χ3v) is 1.94. The lowest BCUT2D eigenvalue weighted by Crippen LogP contribution is -2.44. The fraction of sp³-hybridized carbons (Fsp3) is 0. The summed E-state index contributed by atoms with van der Waals surface area (Å²) in [6.45, 7) is 0. The minimum absolute atomic E-state index is 0.0784. The number of nitrogens with zero attached hydrogens (tertiary/aromatic N) is 3. The zero-order valence-electron chi connectivity index (χ0n) is 7.96. The minimum Gasteiger partial charge on any atom is -0.356 e. The van der Waals surface area contributed by atoms with Crippen LogP contribution < -0.4 is 16.9 Å². The summed E-state index contributed by atoms with van der Waals surface area (Å²) in [5.41, 5.74) is 12.2. The van der Waals surface area contributed by atoms with Gasteiger partial charge in [-0.05, 0) is 17.1 Å². The van der Waals surface area contributed by atoms with E-state index in [1.165, 1.54) is 0 Å². The van der Waals surface area contributed by atoms with Crippen LogP contribution >= 0.6 is 0 Å². The molecular weight excluding hydrogens is 192 g/mol. The normalized spacial score (nSPS) is 10.1. The summed E-state index contributed by atoms with van der Waals surface area (Å²) >= 11 is 0. The van der Waals surface area contributed by atoms with Crippen LogP contribution in [-0.2, 0) is 0 Å². The maximum atomic E-state index is 5.70. The maximum Gasteiger partial charge on any atom is 0.399 e. The molecule has 76 valence electrons. The average molecular weight is 203 g/mol. The Hall–Kier alpha value is -2.37. The summed E-state index contributed by atoms with van der Waals surface area (Å²) in [5.74, 6) is 0.119. The van der Waals surface area contributed by atoms with Gasteiger partial charge in [-0.2, -0.15) is 4.57 Å². The Labute approximate surface area is 85.7 Å². The van der Waals surface area contributed by atoms with E-state index in [9.17, 15) is 0 Å². The van der Waals surface area contributed by atoms with E-state index in [-0.39, 0.29) is 11.9 Å². The molecule has 6 nitrogen and oxygen atoms in total. The Morgan fingerprint density at radius 1 is 1.33 bits per heavy atom. The van der Waals surface area contributed by atoms with Crippen molar-refractivity contribution < 1.29 is 5.41 Å². The monoisotopic (exact) mass is 203 g/mol. The molecule has 0 saturated carbocycles. The first-order valence-corrected chi connectivity index (χ1v) is 4.33. The minimum atomic E-state index is -0.0784. The van der Waals surface area contributed by atoms with Crippen molar-refractivity contribution >= 4 is 23.0 Å². The fourth-order valence-electron chi connectivity index (χ4n) is 1.33. The molecule has 6 N–H and O–H groups in total. The molecule has 1 aromatic heterocycles. The molecule has 0 aliphatic heterocycles. The van der Waals surface area contributed by atoms with Crippen molar-refractivity contribution in [2.24, 2.45) is 16.5 Å². The molecule has 1 heterocycles. The van der Waals surface area contributed by atoms with Crippen LogP contribution in [0.4, 0.5) is 0 Å². The molecule has 0 radical (unpaired) electrons. The molecule has 0 saturated heterocycles. The Morgan fingerprint density at radius 3 is 2.80 bits per heavy atom. The number of hydrogen-bond acceptors (Lipinski definition) is 1. The highest BCUT2D eigenvalue weighted by atomic mass is 15.2. The van der Waals surface area contributed by atoms with Gasteiger partial charge in [-0.15, -0.1) is 0 Å². The number of aromatic nitrogens is 2. The number of aliphatic imine (C=N–C) groups is 1. The molecule has 0 unspecified atom stereocenters. The lowest BCUT2D eigenvalue weighted by atomic mass is 10.3. The van der Waals surface area contributed by atoms with Crippen LogP contribution in [0.5, 0.6) is 0 Å². The Balaban J connectivity index is 2.53. The smallest absolute Gasteiger partial charge is 0.356 e. The number of hydrogen-bond donors (Lipinski definition) is 3. The molecule has 0 aliphatic carbocycles. The van der Waals surface area contributed by atoms with Crippen molar-refractivity contribution in [1.29, 1.82) is 0 Å². The van der Waals surface area contributed by atoms with Gasteiger partial charge in [-0.25, -0.2) is 4.98 Å². The number of imidazole rings is 1. The first-order chi connectivity index (χ1) is 7.18. The molecule has 0 amide bonds. The van der Waals surface area contributed by atoms with Crippen molar-refractivity contribution in [3.8, 4) is 0 Å². The molecule has 0 fully saturated rings. The van der Waals surface area contributed by atoms with E-state index in [4.69, 9.17) is 16.9 Å². The van der Waals surface area contributed by atoms with Crippen LogP contribution in [-0.4, -0.2) is 21.5 Å². The lowest BCUT2D eigenvalue weighted by Gasteiger charge is -1.92. The van der Waals surface area contributed by atoms with Crippen molar-refractivity contribution in [3.05, 3.63) is 30.6 Å². The van der Waals surface area contributed by atoms with E-state index in [0.717, 1.165) is 11.0 Å². The van der Waals surface area contributed by atoms with Crippen molar-refractivity contribution in [2.75, 3.05) is 0 Å². The molecule has 0 aliphatic rings. The van der Waals surface area contributed by atoms with Gasteiger partial charge >= 0.3 is 5.96 Å². The summed E-state index contributed by atoms with van der Waals surface area (Å²) in [5, 5.41) is 5.70. The van der Waals surface area contributed by atoms with Crippen LogP contribution in [0, 0.1) is 0 Å². The van der Waals surface area contributed by atoms with E-state index >= 15 is 0 Å². The van der Waals surface area contributed by atoms with E-state index in [1.807, 2.05) is 24.3 Å². The molecule has 6 heteroatoms. The summed E-state index contributed by atoms with van der Waals surface area (Å²) in [6.07, 6.45) is 1.58. The van der Waals surface area contributed by atoms with Gasteiger partial charge in [0, 0.05) is 0 Å². The van der Waals surface area contributed by atoms with Gasteiger partial charge in [-0.1, -0.05) is 12.1 Å². The van der Waals surface area contributed by atoms with Crippen LogP contribution in [0.25, 0.3) is 11.0 Å². The van der Waals surface area contributed by atoms with Gasteiger partial charge in [0.2, 0.25) is 0 Å². The highest BCUT2D eigenvalue weighted by Gasteiger charge is 2.12. The van der Waals surface area contributed by atoms with Gasteiger partial charge in [0.05, 0.1) is 0 Å². The second-order valence-corrected chi connectivity index (χ2v) is 3.00. The topological polar surface area (TPSA) is 108 Å². The maximum absolute atomic E-state index is 5.70. The summed E-state index contributed by atoms with van der Waals surface area (Å²) < 4.78 is 1.62. The number of para-hydroxylation sites is 2. The Morgan fingerprint density at radius 2 is 2.07 bits per heavy atom. The predicted octanol–water partition coefficient (Wildman–Crippen LogP) is -1.73. The average Bonchev–Trinajstić information content (AvgIpc) is 2.59. The summed E-state index contributed by atoms with van der Waals surface area (Å²) in [6, 6.07) is 7.56.